The second-order valence-corrected chi connectivity index (χ2v) is 7.95. The number of rotatable bonds is 6. The van der Waals surface area contributed by atoms with E-state index in [1.165, 1.54) is 6.92 Å². The molecule has 0 aromatic heterocycles. The van der Waals surface area contributed by atoms with Crippen molar-refractivity contribution in [3.8, 4) is 0 Å². The number of hydrogen-bond acceptors (Lipinski definition) is 5. The Hall–Kier alpha value is 0.0500. The van der Waals surface area contributed by atoms with E-state index in [-0.39, 0.29) is 18.8 Å². The number of hydrogen-bond donors (Lipinski definition) is 1. The third kappa shape index (κ3) is 6.28. The molecular weight excluding hydrogens is 629 g/mol. The smallest absolute Gasteiger partial charge is 0.340 e. The van der Waals surface area contributed by atoms with Gasteiger partial charge >= 0.3 is 11.9 Å². The zero-order chi connectivity index (χ0) is 16.9. The van der Waals surface area contributed by atoms with Gasteiger partial charge in [0.2, 0.25) is 0 Å². The minimum Gasteiger partial charge on any atom is -0.459 e. The van der Waals surface area contributed by atoms with Crippen LogP contribution >= 0.6 is 67.8 Å². The molecule has 0 radical (unpaired) electrons. The van der Waals surface area contributed by atoms with Gasteiger partial charge in [-0.3, -0.25) is 0 Å². The number of esters is 2. The number of carbonyl (C=O) groups excluding carboxylic acids is 2. The molecule has 0 fully saturated rings. The molecule has 120 valence electrons. The average Bonchev–Trinajstić information content (AvgIpc) is 2.41. The van der Waals surface area contributed by atoms with Crippen LogP contribution in [0.3, 0.4) is 0 Å². The van der Waals surface area contributed by atoms with E-state index in [1.54, 1.807) is 0 Å². The predicted octanol–water partition coefficient (Wildman–Crippen LogP) is 3.14. The Balaban J connectivity index is 2.56. The lowest BCUT2D eigenvalue weighted by molar-refractivity contribution is -0.142. The molecular formula is C14H13I3O5. The first-order chi connectivity index (χ1) is 10.2. The highest BCUT2D eigenvalue weighted by Gasteiger charge is 2.18. The van der Waals surface area contributed by atoms with Crippen molar-refractivity contribution in [2.75, 3.05) is 13.2 Å². The number of aliphatic hydroxyl groups is 1. The second kappa shape index (κ2) is 9.37. The van der Waals surface area contributed by atoms with Crippen molar-refractivity contribution in [1.82, 2.24) is 0 Å². The van der Waals surface area contributed by atoms with Crippen LogP contribution in [-0.4, -0.2) is 36.4 Å². The maximum atomic E-state index is 12.1. The van der Waals surface area contributed by atoms with Crippen LogP contribution in [0, 0.1) is 10.7 Å². The summed E-state index contributed by atoms with van der Waals surface area (Å²) in [5.41, 5.74) is 0.708. The average molecular weight is 642 g/mol. The summed E-state index contributed by atoms with van der Waals surface area (Å²) in [5.74, 6) is -1.11. The summed E-state index contributed by atoms with van der Waals surface area (Å²) < 4.78 is 12.4. The maximum absolute atomic E-state index is 12.1. The molecule has 0 bridgehead atoms. The largest absolute Gasteiger partial charge is 0.459 e. The van der Waals surface area contributed by atoms with Gasteiger partial charge in [0, 0.05) is 16.3 Å². The lowest BCUT2D eigenvalue weighted by atomic mass is 10.2. The van der Waals surface area contributed by atoms with Crippen LogP contribution in [0.5, 0.6) is 0 Å². The zero-order valence-corrected chi connectivity index (χ0v) is 18.0. The van der Waals surface area contributed by atoms with Gasteiger partial charge in [-0.25, -0.2) is 9.59 Å². The molecule has 22 heavy (non-hydrogen) atoms. The third-order valence-electron chi connectivity index (χ3n) is 2.37. The van der Waals surface area contributed by atoms with E-state index in [4.69, 9.17) is 9.47 Å². The van der Waals surface area contributed by atoms with Crippen LogP contribution in [-0.2, 0) is 14.3 Å². The molecule has 0 spiro atoms. The number of benzene rings is 1. The van der Waals surface area contributed by atoms with Crippen molar-refractivity contribution >= 4 is 79.7 Å². The Morgan fingerprint density at radius 3 is 2.18 bits per heavy atom. The van der Waals surface area contributed by atoms with E-state index >= 15 is 0 Å². The molecule has 1 atom stereocenters. The van der Waals surface area contributed by atoms with Crippen molar-refractivity contribution in [2.45, 2.75) is 13.0 Å². The molecule has 1 aromatic rings. The number of ether oxygens (including phenoxy) is 2. The minimum absolute atomic E-state index is 0.243. The Morgan fingerprint density at radius 1 is 1.18 bits per heavy atom. The van der Waals surface area contributed by atoms with Crippen molar-refractivity contribution in [3.63, 3.8) is 0 Å². The van der Waals surface area contributed by atoms with E-state index in [0.717, 1.165) is 10.7 Å². The molecule has 1 aromatic carbocycles. The van der Waals surface area contributed by atoms with Crippen LogP contribution in [0.25, 0.3) is 0 Å². The van der Waals surface area contributed by atoms with Gasteiger partial charge in [-0.2, -0.15) is 0 Å². The van der Waals surface area contributed by atoms with Gasteiger partial charge in [-0.15, -0.1) is 0 Å². The Bertz CT molecular complexity index is 577. The van der Waals surface area contributed by atoms with Gasteiger partial charge in [0.1, 0.15) is 19.3 Å². The topological polar surface area (TPSA) is 72.8 Å². The lowest BCUT2D eigenvalue weighted by Gasteiger charge is -2.13. The molecule has 0 saturated heterocycles. The predicted molar refractivity (Wildman–Crippen MR) is 107 cm³/mol. The fourth-order valence-electron chi connectivity index (χ4n) is 1.32. The quantitative estimate of drug-likeness (QED) is 0.294. The van der Waals surface area contributed by atoms with Crippen LogP contribution in [0.1, 0.15) is 17.3 Å². The van der Waals surface area contributed by atoms with Gasteiger partial charge in [-0.05, 0) is 86.8 Å². The highest BCUT2D eigenvalue weighted by molar-refractivity contribution is 14.1. The normalized spacial score (nSPS) is 11.7. The highest BCUT2D eigenvalue weighted by Crippen LogP contribution is 2.23. The number of aliphatic hydroxyl groups excluding tert-OH is 1. The summed E-state index contributed by atoms with van der Waals surface area (Å²) >= 11 is 6.30. The van der Waals surface area contributed by atoms with E-state index in [0.29, 0.717) is 5.56 Å². The summed E-state index contributed by atoms with van der Waals surface area (Å²) in [4.78, 5) is 23.3. The van der Waals surface area contributed by atoms with Gasteiger partial charge < -0.3 is 14.6 Å². The molecule has 1 rings (SSSR count). The standard InChI is InChI=1S/C14H13I3O5/c1-7(2)13(19)21-5-9(18)6-22-14(20)12-10(16)3-8(15)4-11(12)17/h3-4,9,18H,1,5-6H2,2H3. The van der Waals surface area contributed by atoms with Gasteiger partial charge in [0.15, 0.2) is 0 Å². The molecule has 8 heteroatoms. The summed E-state index contributed by atoms with van der Waals surface area (Å²) in [6.07, 6.45) is -1.08. The summed E-state index contributed by atoms with van der Waals surface area (Å²) in [6, 6.07) is 3.73. The molecule has 0 aliphatic heterocycles. The first-order valence-corrected chi connectivity index (χ1v) is 9.28. The van der Waals surface area contributed by atoms with E-state index in [9.17, 15) is 14.7 Å². The Labute approximate surface area is 169 Å². The van der Waals surface area contributed by atoms with Crippen LogP contribution in [0.2, 0.25) is 0 Å². The lowest BCUT2D eigenvalue weighted by Crippen LogP contribution is -2.26. The molecule has 5 nitrogen and oxygen atoms in total. The molecule has 0 saturated carbocycles. The summed E-state index contributed by atoms with van der Waals surface area (Å²) in [6.45, 7) is 4.44. The molecule has 0 amide bonds. The van der Waals surface area contributed by atoms with Gasteiger partial charge in [0.05, 0.1) is 5.56 Å². The summed E-state index contributed by atoms with van der Waals surface area (Å²) in [5, 5.41) is 9.67. The Morgan fingerprint density at radius 2 is 1.68 bits per heavy atom. The van der Waals surface area contributed by atoms with E-state index in [2.05, 4.69) is 74.4 Å². The van der Waals surface area contributed by atoms with Crippen molar-refractivity contribution in [3.05, 3.63) is 40.6 Å². The summed E-state index contributed by atoms with van der Waals surface area (Å²) in [7, 11) is 0. The SMILES string of the molecule is C=C(C)C(=O)OCC(O)COC(=O)c1c(I)cc(I)cc1I. The maximum Gasteiger partial charge on any atom is 0.340 e. The van der Waals surface area contributed by atoms with Crippen molar-refractivity contribution in [1.29, 1.82) is 0 Å². The van der Waals surface area contributed by atoms with Gasteiger partial charge in [0.25, 0.3) is 0 Å². The highest BCUT2D eigenvalue weighted by atomic mass is 127. The van der Waals surface area contributed by atoms with Gasteiger partial charge in [-0.1, -0.05) is 6.58 Å². The second-order valence-electron chi connectivity index (χ2n) is 4.38. The fourth-order valence-corrected chi connectivity index (χ4v) is 5.35. The molecule has 1 unspecified atom stereocenters. The van der Waals surface area contributed by atoms with Crippen LogP contribution in [0.4, 0.5) is 0 Å². The first-order valence-electron chi connectivity index (χ1n) is 6.04. The van der Waals surface area contributed by atoms with Crippen molar-refractivity contribution < 1.29 is 24.2 Å². The van der Waals surface area contributed by atoms with E-state index in [1.807, 2.05) is 12.1 Å². The van der Waals surface area contributed by atoms with E-state index < -0.39 is 18.0 Å². The van der Waals surface area contributed by atoms with Crippen LogP contribution in [0.15, 0.2) is 24.3 Å². The molecule has 0 aliphatic carbocycles. The minimum atomic E-state index is -1.08. The first kappa shape index (κ1) is 20.1. The Kier molecular flexibility index (Phi) is 8.56. The van der Waals surface area contributed by atoms with Crippen LogP contribution < -0.4 is 0 Å². The van der Waals surface area contributed by atoms with Crippen molar-refractivity contribution in [2.24, 2.45) is 0 Å². The third-order valence-corrected chi connectivity index (χ3v) is 4.70. The molecule has 0 aliphatic rings. The monoisotopic (exact) mass is 642 g/mol. The number of halogens is 3. The molecule has 0 heterocycles. The number of carbonyl (C=O) groups is 2. The molecule has 1 N–H and O–H groups in total. The fraction of sp³-hybridized carbons (Fsp3) is 0.286. The zero-order valence-electron chi connectivity index (χ0n) is 11.6.